The van der Waals surface area contributed by atoms with E-state index in [0.717, 1.165) is 17.2 Å². The molecule has 0 saturated heterocycles. The zero-order valence-corrected chi connectivity index (χ0v) is 13.2. The molecule has 0 bridgehead atoms. The van der Waals surface area contributed by atoms with E-state index in [0.29, 0.717) is 11.9 Å². The molecule has 0 atom stereocenters. The number of benzene rings is 1. The van der Waals surface area contributed by atoms with E-state index in [4.69, 9.17) is 0 Å². The van der Waals surface area contributed by atoms with Crippen molar-refractivity contribution in [3.05, 3.63) is 36.0 Å². The van der Waals surface area contributed by atoms with E-state index >= 15 is 0 Å². The largest absolute Gasteiger partial charge is 0.508 e. The summed E-state index contributed by atoms with van der Waals surface area (Å²) in [6, 6.07) is 9.02. The third-order valence-electron chi connectivity index (χ3n) is 3.35. The predicted octanol–water partition coefficient (Wildman–Crippen LogP) is 4.01. The van der Waals surface area contributed by atoms with Crippen molar-refractivity contribution in [3.8, 4) is 5.75 Å². The quantitative estimate of drug-likeness (QED) is 0.795. The van der Waals surface area contributed by atoms with Crippen LogP contribution in [-0.2, 0) is 0 Å². The van der Waals surface area contributed by atoms with E-state index in [1.165, 1.54) is 12.8 Å². The highest BCUT2D eigenvalue weighted by molar-refractivity contribution is 5.59. The molecule has 2 aromatic rings. The molecule has 3 rings (SSSR count). The van der Waals surface area contributed by atoms with Crippen LogP contribution >= 0.6 is 0 Å². The van der Waals surface area contributed by atoms with Gasteiger partial charge in [0, 0.05) is 29.3 Å². The fraction of sp³-hybridized carbons (Fsp3) is 0.412. The lowest BCUT2D eigenvalue weighted by Crippen LogP contribution is -2.27. The van der Waals surface area contributed by atoms with E-state index < -0.39 is 0 Å². The molecular weight excluding hydrogens is 276 g/mol. The van der Waals surface area contributed by atoms with Gasteiger partial charge in [0.1, 0.15) is 11.6 Å². The molecule has 1 saturated carbocycles. The van der Waals surface area contributed by atoms with Gasteiger partial charge in [-0.3, -0.25) is 0 Å². The number of hydrogen-bond donors (Lipinski definition) is 3. The van der Waals surface area contributed by atoms with Gasteiger partial charge in [0.25, 0.3) is 0 Å². The number of phenolic OH excluding ortho intramolecular Hbond substituents is 1. The van der Waals surface area contributed by atoms with Crippen LogP contribution in [0, 0.1) is 0 Å². The first-order valence-electron chi connectivity index (χ1n) is 7.62. The van der Waals surface area contributed by atoms with Gasteiger partial charge in [0.2, 0.25) is 5.95 Å². The molecule has 0 amide bonds. The Morgan fingerprint density at radius 2 is 1.91 bits per heavy atom. The molecule has 3 N–H and O–H groups in total. The zero-order chi connectivity index (χ0) is 15.7. The third kappa shape index (κ3) is 3.87. The summed E-state index contributed by atoms with van der Waals surface area (Å²) in [5.41, 5.74) is 1.79. The van der Waals surface area contributed by atoms with Gasteiger partial charge in [-0.1, -0.05) is 6.07 Å². The van der Waals surface area contributed by atoms with Crippen LogP contribution in [0.3, 0.4) is 0 Å². The Kier molecular flexibility index (Phi) is 3.64. The predicted molar refractivity (Wildman–Crippen MR) is 88.8 cm³/mol. The van der Waals surface area contributed by atoms with Gasteiger partial charge in [0.05, 0.1) is 5.69 Å². The number of nitrogens with zero attached hydrogens (tertiary/aromatic N) is 2. The number of nitrogens with one attached hydrogen (secondary N) is 2. The van der Waals surface area contributed by atoms with Crippen molar-refractivity contribution in [2.24, 2.45) is 0 Å². The average molecular weight is 298 g/mol. The Morgan fingerprint density at radius 1 is 1.14 bits per heavy atom. The van der Waals surface area contributed by atoms with Crippen molar-refractivity contribution >= 4 is 17.5 Å². The molecule has 22 heavy (non-hydrogen) atoms. The van der Waals surface area contributed by atoms with Gasteiger partial charge in [-0.05, 0) is 45.7 Å². The second-order valence-electron chi connectivity index (χ2n) is 6.83. The molecule has 1 aliphatic carbocycles. The smallest absolute Gasteiger partial charge is 0.225 e. The maximum absolute atomic E-state index is 9.57. The minimum Gasteiger partial charge on any atom is -0.508 e. The first kappa shape index (κ1) is 14.6. The normalized spacial score (nSPS) is 14.7. The monoisotopic (exact) mass is 298 g/mol. The summed E-state index contributed by atoms with van der Waals surface area (Å²) >= 11 is 0. The molecule has 1 aromatic carbocycles. The van der Waals surface area contributed by atoms with Crippen LogP contribution < -0.4 is 10.6 Å². The zero-order valence-electron chi connectivity index (χ0n) is 13.2. The van der Waals surface area contributed by atoms with Crippen LogP contribution in [0.2, 0.25) is 0 Å². The van der Waals surface area contributed by atoms with E-state index in [2.05, 4.69) is 41.4 Å². The number of aromatic nitrogens is 2. The first-order chi connectivity index (χ1) is 10.4. The van der Waals surface area contributed by atoms with Crippen molar-refractivity contribution in [3.63, 3.8) is 0 Å². The lowest BCUT2D eigenvalue weighted by molar-refractivity contribution is 0.475. The molecule has 1 heterocycles. The van der Waals surface area contributed by atoms with Gasteiger partial charge in [-0.15, -0.1) is 0 Å². The summed E-state index contributed by atoms with van der Waals surface area (Å²) in [4.78, 5) is 9.17. The van der Waals surface area contributed by atoms with Crippen LogP contribution in [0.15, 0.2) is 30.3 Å². The lowest BCUT2D eigenvalue weighted by atomic mass is 10.1. The molecule has 116 valence electrons. The fourth-order valence-corrected chi connectivity index (χ4v) is 2.24. The van der Waals surface area contributed by atoms with E-state index in [-0.39, 0.29) is 11.3 Å². The molecule has 0 radical (unpaired) electrons. The topological polar surface area (TPSA) is 70.1 Å². The fourth-order valence-electron chi connectivity index (χ4n) is 2.24. The van der Waals surface area contributed by atoms with Gasteiger partial charge in [-0.2, -0.15) is 4.98 Å². The molecule has 1 aromatic heterocycles. The van der Waals surface area contributed by atoms with Crippen LogP contribution in [-0.4, -0.2) is 20.6 Å². The summed E-state index contributed by atoms with van der Waals surface area (Å²) in [6.45, 7) is 6.26. The van der Waals surface area contributed by atoms with Crippen molar-refractivity contribution in [2.45, 2.75) is 45.1 Å². The average Bonchev–Trinajstić information content (AvgIpc) is 3.20. The summed E-state index contributed by atoms with van der Waals surface area (Å²) < 4.78 is 0. The number of rotatable bonds is 4. The van der Waals surface area contributed by atoms with Crippen LogP contribution in [0.4, 0.5) is 17.5 Å². The van der Waals surface area contributed by atoms with E-state index in [1.807, 2.05) is 12.1 Å². The number of phenols is 1. The molecule has 1 fully saturated rings. The lowest BCUT2D eigenvalue weighted by Gasteiger charge is -2.21. The number of anilines is 3. The highest BCUT2D eigenvalue weighted by Crippen LogP contribution is 2.40. The second-order valence-corrected chi connectivity index (χ2v) is 6.83. The minimum absolute atomic E-state index is 0.0928. The van der Waals surface area contributed by atoms with E-state index in [9.17, 15) is 5.11 Å². The van der Waals surface area contributed by atoms with Gasteiger partial charge in [-0.25, -0.2) is 4.98 Å². The van der Waals surface area contributed by atoms with E-state index in [1.54, 1.807) is 18.2 Å². The molecule has 0 aliphatic heterocycles. The van der Waals surface area contributed by atoms with Crippen LogP contribution in [0.5, 0.6) is 5.75 Å². The molecule has 5 heteroatoms. The Bertz CT molecular complexity index is 675. The first-order valence-corrected chi connectivity index (χ1v) is 7.62. The Balaban J connectivity index is 1.89. The van der Waals surface area contributed by atoms with Gasteiger partial charge in [0.15, 0.2) is 0 Å². The third-order valence-corrected chi connectivity index (χ3v) is 3.35. The highest BCUT2D eigenvalue weighted by Gasteiger charge is 2.26. The van der Waals surface area contributed by atoms with Crippen molar-refractivity contribution < 1.29 is 5.11 Å². The van der Waals surface area contributed by atoms with Crippen molar-refractivity contribution in [1.29, 1.82) is 0 Å². The molecule has 5 nitrogen and oxygen atoms in total. The van der Waals surface area contributed by atoms with Crippen molar-refractivity contribution in [1.82, 2.24) is 9.97 Å². The molecule has 0 spiro atoms. The Labute approximate surface area is 130 Å². The Hall–Kier alpha value is -2.30. The Morgan fingerprint density at radius 3 is 2.55 bits per heavy atom. The minimum atomic E-state index is -0.0928. The van der Waals surface area contributed by atoms with Crippen molar-refractivity contribution in [2.75, 3.05) is 10.6 Å². The summed E-state index contributed by atoms with van der Waals surface area (Å²) in [6.07, 6.45) is 2.38. The highest BCUT2D eigenvalue weighted by atomic mass is 16.3. The summed E-state index contributed by atoms with van der Waals surface area (Å²) in [5.74, 6) is 2.16. The summed E-state index contributed by atoms with van der Waals surface area (Å²) in [5, 5.41) is 16.1. The standard InChI is InChI=1S/C17H22N4O/c1-17(2,3)21-16-19-14(11-7-8-11)10-15(20-16)18-12-5-4-6-13(22)9-12/h4-6,9-11,22H,7-8H2,1-3H3,(H2,18,19,20,21). The van der Waals surface area contributed by atoms with Crippen LogP contribution in [0.25, 0.3) is 0 Å². The molecule has 1 aliphatic rings. The summed E-state index contributed by atoms with van der Waals surface area (Å²) in [7, 11) is 0. The second kappa shape index (κ2) is 5.48. The maximum atomic E-state index is 9.57. The molecular formula is C17H22N4O. The van der Waals surface area contributed by atoms with Crippen LogP contribution in [0.1, 0.15) is 45.2 Å². The van der Waals surface area contributed by atoms with Gasteiger partial charge < -0.3 is 15.7 Å². The maximum Gasteiger partial charge on any atom is 0.225 e. The van der Waals surface area contributed by atoms with Gasteiger partial charge >= 0.3 is 0 Å². The SMILES string of the molecule is CC(C)(C)Nc1nc(Nc2cccc(O)c2)cc(C2CC2)n1. The molecule has 0 unspecified atom stereocenters. The number of hydrogen-bond acceptors (Lipinski definition) is 5. The number of aromatic hydroxyl groups is 1.